The van der Waals surface area contributed by atoms with Crippen LogP contribution in [0.3, 0.4) is 0 Å². The molecular weight excluding hydrogens is 406 g/mol. The van der Waals surface area contributed by atoms with Gasteiger partial charge in [0.1, 0.15) is 11.3 Å². The van der Waals surface area contributed by atoms with Gasteiger partial charge in [0.15, 0.2) is 5.13 Å². The largest absolute Gasteiger partial charge is 0.494 e. The van der Waals surface area contributed by atoms with Crippen LogP contribution in [0.1, 0.15) is 27.8 Å². The molecule has 2 heterocycles. The van der Waals surface area contributed by atoms with Crippen molar-refractivity contribution in [1.29, 1.82) is 0 Å². The van der Waals surface area contributed by atoms with Gasteiger partial charge in [-0.3, -0.25) is 14.7 Å². The molecule has 5 nitrogen and oxygen atoms in total. The minimum Gasteiger partial charge on any atom is -0.494 e. The predicted molar refractivity (Wildman–Crippen MR) is 126 cm³/mol. The Morgan fingerprint density at radius 2 is 1.81 bits per heavy atom. The first-order chi connectivity index (χ1) is 15.0. The molecule has 0 radical (unpaired) electrons. The van der Waals surface area contributed by atoms with Gasteiger partial charge >= 0.3 is 0 Å². The summed E-state index contributed by atoms with van der Waals surface area (Å²) in [6.07, 6.45) is 3.81. The maximum Gasteiger partial charge on any atom is 0.233 e. The fraction of sp³-hybridized carbons (Fsp3) is 0.240. The SMILES string of the molecule is COc1ccc(C)c2sc(N(Cc3ccncc3)C(=O)Cc3ccc(C)cc3C)nc12. The highest BCUT2D eigenvalue weighted by molar-refractivity contribution is 7.22. The molecule has 0 atom stereocenters. The van der Waals surface area contributed by atoms with E-state index in [1.54, 1.807) is 24.4 Å². The number of hydrogen-bond donors (Lipinski definition) is 0. The van der Waals surface area contributed by atoms with Gasteiger partial charge in [0, 0.05) is 12.4 Å². The van der Waals surface area contributed by atoms with Crippen LogP contribution in [0.25, 0.3) is 10.2 Å². The Bertz CT molecular complexity index is 1230. The Labute approximate surface area is 186 Å². The lowest BCUT2D eigenvalue weighted by atomic mass is 10.0. The molecule has 4 aromatic rings. The molecule has 2 aromatic heterocycles. The Morgan fingerprint density at radius 3 is 2.52 bits per heavy atom. The first-order valence-electron chi connectivity index (χ1n) is 10.2. The summed E-state index contributed by atoms with van der Waals surface area (Å²) in [5.74, 6) is 0.730. The van der Waals surface area contributed by atoms with Crippen LogP contribution in [0, 0.1) is 20.8 Å². The number of pyridine rings is 1. The van der Waals surface area contributed by atoms with E-state index in [1.807, 2.05) is 30.3 Å². The molecule has 0 unspecified atom stereocenters. The van der Waals surface area contributed by atoms with Crippen molar-refractivity contribution in [2.45, 2.75) is 33.7 Å². The molecule has 2 aromatic carbocycles. The van der Waals surface area contributed by atoms with Crippen LogP contribution in [0.4, 0.5) is 5.13 Å². The fourth-order valence-corrected chi connectivity index (χ4v) is 4.68. The molecule has 158 valence electrons. The van der Waals surface area contributed by atoms with E-state index in [-0.39, 0.29) is 5.91 Å². The van der Waals surface area contributed by atoms with Crippen LogP contribution >= 0.6 is 11.3 Å². The second-order valence-electron chi connectivity index (χ2n) is 7.70. The molecule has 31 heavy (non-hydrogen) atoms. The lowest BCUT2D eigenvalue weighted by Crippen LogP contribution is -2.32. The van der Waals surface area contributed by atoms with Gasteiger partial charge in [0.2, 0.25) is 5.91 Å². The van der Waals surface area contributed by atoms with E-state index in [4.69, 9.17) is 9.72 Å². The monoisotopic (exact) mass is 431 g/mol. The maximum atomic E-state index is 13.5. The van der Waals surface area contributed by atoms with Gasteiger partial charge in [-0.2, -0.15) is 0 Å². The lowest BCUT2D eigenvalue weighted by molar-refractivity contribution is -0.118. The summed E-state index contributed by atoms with van der Waals surface area (Å²) in [5.41, 5.74) is 6.26. The molecule has 0 fully saturated rings. The molecule has 0 bridgehead atoms. The number of fused-ring (bicyclic) bond motifs is 1. The zero-order valence-electron chi connectivity index (χ0n) is 18.2. The van der Waals surface area contributed by atoms with Crippen LogP contribution in [-0.2, 0) is 17.8 Å². The summed E-state index contributed by atoms with van der Waals surface area (Å²) < 4.78 is 6.54. The number of carbonyl (C=O) groups is 1. The van der Waals surface area contributed by atoms with Gasteiger partial charge in [0.05, 0.1) is 24.8 Å². The first-order valence-corrected chi connectivity index (χ1v) is 11.0. The number of aryl methyl sites for hydroxylation is 3. The van der Waals surface area contributed by atoms with Gasteiger partial charge in [-0.15, -0.1) is 0 Å². The normalized spacial score (nSPS) is 11.0. The minimum atomic E-state index is 0.0134. The highest BCUT2D eigenvalue weighted by atomic mass is 32.1. The summed E-state index contributed by atoms with van der Waals surface area (Å²) in [6, 6.07) is 14.0. The Hall–Kier alpha value is -3.25. The first kappa shape index (κ1) is 21.0. The molecule has 0 aliphatic rings. The highest BCUT2D eigenvalue weighted by Gasteiger charge is 2.23. The molecule has 0 saturated carbocycles. The van der Waals surface area contributed by atoms with Crippen molar-refractivity contribution in [3.05, 3.63) is 82.7 Å². The van der Waals surface area contributed by atoms with Gasteiger partial charge in [-0.05, 0) is 61.2 Å². The van der Waals surface area contributed by atoms with E-state index >= 15 is 0 Å². The summed E-state index contributed by atoms with van der Waals surface area (Å²) in [6.45, 7) is 6.60. The number of rotatable bonds is 6. The summed E-state index contributed by atoms with van der Waals surface area (Å²) in [5, 5.41) is 0.675. The molecular formula is C25H25N3O2S. The number of hydrogen-bond acceptors (Lipinski definition) is 5. The van der Waals surface area contributed by atoms with E-state index < -0.39 is 0 Å². The van der Waals surface area contributed by atoms with Gasteiger partial charge in [-0.1, -0.05) is 41.2 Å². The van der Waals surface area contributed by atoms with Crippen molar-refractivity contribution >= 4 is 32.6 Å². The quantitative estimate of drug-likeness (QED) is 0.410. The van der Waals surface area contributed by atoms with E-state index in [0.29, 0.717) is 23.8 Å². The van der Waals surface area contributed by atoms with Crippen molar-refractivity contribution in [2.75, 3.05) is 12.0 Å². The third-order valence-corrected chi connectivity index (χ3v) is 6.59. The van der Waals surface area contributed by atoms with Crippen molar-refractivity contribution in [3.8, 4) is 5.75 Å². The second-order valence-corrected chi connectivity index (χ2v) is 8.68. The Balaban J connectivity index is 1.74. The van der Waals surface area contributed by atoms with Crippen molar-refractivity contribution in [1.82, 2.24) is 9.97 Å². The van der Waals surface area contributed by atoms with Crippen LogP contribution in [0.15, 0.2) is 54.9 Å². The van der Waals surface area contributed by atoms with Crippen LogP contribution in [0.5, 0.6) is 5.75 Å². The van der Waals surface area contributed by atoms with Crippen LogP contribution < -0.4 is 9.64 Å². The van der Waals surface area contributed by atoms with E-state index in [0.717, 1.165) is 32.5 Å². The number of aromatic nitrogens is 2. The maximum absolute atomic E-state index is 13.5. The molecule has 4 rings (SSSR count). The third kappa shape index (κ3) is 4.44. The number of thiazole rings is 1. The number of ether oxygens (including phenoxy) is 1. The molecule has 0 aliphatic heterocycles. The Kier molecular flexibility index (Phi) is 6.00. The Morgan fingerprint density at radius 1 is 1.03 bits per heavy atom. The molecule has 0 aliphatic carbocycles. The standard InChI is InChI=1S/C25H25N3O2S/c1-16-5-7-20(18(3)13-16)14-22(29)28(15-19-9-11-26-12-10-19)25-27-23-21(30-4)8-6-17(2)24(23)31-25/h5-13H,14-15H2,1-4H3. The summed E-state index contributed by atoms with van der Waals surface area (Å²) >= 11 is 1.52. The average Bonchev–Trinajstić information content (AvgIpc) is 3.21. The van der Waals surface area contributed by atoms with Gasteiger partial charge < -0.3 is 4.74 Å². The summed E-state index contributed by atoms with van der Waals surface area (Å²) in [4.78, 5) is 24.2. The fourth-order valence-electron chi connectivity index (χ4n) is 3.61. The zero-order chi connectivity index (χ0) is 22.0. The number of methoxy groups -OCH3 is 1. The third-order valence-electron chi connectivity index (χ3n) is 5.37. The molecule has 6 heteroatoms. The van der Waals surface area contributed by atoms with Crippen molar-refractivity contribution in [3.63, 3.8) is 0 Å². The molecule has 0 N–H and O–H groups in total. The van der Waals surface area contributed by atoms with Crippen molar-refractivity contribution < 1.29 is 9.53 Å². The smallest absolute Gasteiger partial charge is 0.233 e. The average molecular weight is 432 g/mol. The number of benzene rings is 2. The van der Waals surface area contributed by atoms with E-state index in [1.165, 1.54) is 16.9 Å². The number of carbonyl (C=O) groups excluding carboxylic acids is 1. The zero-order valence-corrected chi connectivity index (χ0v) is 19.0. The number of amides is 1. The number of nitrogens with zero attached hydrogens (tertiary/aromatic N) is 3. The van der Waals surface area contributed by atoms with E-state index in [2.05, 4.69) is 37.9 Å². The predicted octanol–water partition coefficient (Wildman–Crippen LogP) is 5.40. The van der Waals surface area contributed by atoms with Gasteiger partial charge in [0.25, 0.3) is 0 Å². The molecule has 0 saturated heterocycles. The number of anilines is 1. The summed E-state index contributed by atoms with van der Waals surface area (Å²) in [7, 11) is 1.64. The lowest BCUT2D eigenvalue weighted by Gasteiger charge is -2.20. The van der Waals surface area contributed by atoms with Crippen LogP contribution in [-0.4, -0.2) is 23.0 Å². The van der Waals surface area contributed by atoms with Crippen molar-refractivity contribution in [2.24, 2.45) is 0 Å². The highest BCUT2D eigenvalue weighted by Crippen LogP contribution is 2.37. The second kappa shape index (κ2) is 8.86. The van der Waals surface area contributed by atoms with E-state index in [9.17, 15) is 4.79 Å². The van der Waals surface area contributed by atoms with Crippen LogP contribution in [0.2, 0.25) is 0 Å². The molecule has 0 spiro atoms. The van der Waals surface area contributed by atoms with Gasteiger partial charge in [-0.25, -0.2) is 4.98 Å². The minimum absolute atomic E-state index is 0.0134. The topological polar surface area (TPSA) is 55.3 Å². The molecule has 1 amide bonds.